The van der Waals surface area contributed by atoms with Crippen LogP contribution in [0.5, 0.6) is 0 Å². The summed E-state index contributed by atoms with van der Waals surface area (Å²) in [6.07, 6.45) is 7.21. The van der Waals surface area contributed by atoms with Crippen molar-refractivity contribution in [1.29, 1.82) is 0 Å². The highest BCUT2D eigenvalue weighted by atomic mass is 35.5. The number of hydrogen-bond donors (Lipinski definition) is 1. The van der Waals surface area contributed by atoms with Gasteiger partial charge in [0.05, 0.1) is 19.2 Å². The Morgan fingerprint density at radius 2 is 2.00 bits per heavy atom. The topological polar surface area (TPSA) is 75.5 Å². The molecule has 38 heavy (non-hydrogen) atoms. The van der Waals surface area contributed by atoms with Gasteiger partial charge in [0, 0.05) is 49.5 Å². The zero-order valence-electron chi connectivity index (χ0n) is 21.2. The van der Waals surface area contributed by atoms with E-state index in [4.69, 9.17) is 21.3 Å². The van der Waals surface area contributed by atoms with E-state index in [9.17, 15) is 4.79 Å². The van der Waals surface area contributed by atoms with E-state index in [0.717, 1.165) is 36.4 Å². The van der Waals surface area contributed by atoms with Crippen molar-refractivity contribution in [3.8, 4) is 11.1 Å². The van der Waals surface area contributed by atoms with E-state index < -0.39 is 5.60 Å². The Hall–Kier alpha value is -3.88. The van der Waals surface area contributed by atoms with Gasteiger partial charge in [0.2, 0.25) is 5.95 Å². The molecule has 2 aromatic carbocycles. The Morgan fingerprint density at radius 1 is 1.16 bits per heavy atom. The van der Waals surface area contributed by atoms with E-state index in [1.165, 1.54) is 22.3 Å². The second kappa shape index (κ2) is 8.58. The molecular weight excluding hydrogens is 500 g/mol. The molecule has 0 aliphatic carbocycles. The number of esters is 1. The summed E-state index contributed by atoms with van der Waals surface area (Å²) in [5.41, 5.74) is 7.33. The highest BCUT2D eigenvalue weighted by Gasteiger charge is 2.55. The number of carbonyl (C=O) groups is 1. The summed E-state index contributed by atoms with van der Waals surface area (Å²) >= 11 is 6.64. The van der Waals surface area contributed by atoms with Crippen LogP contribution in [-0.4, -0.2) is 45.5 Å². The summed E-state index contributed by atoms with van der Waals surface area (Å²) < 4.78 is 7.74. The molecule has 1 fully saturated rings. The van der Waals surface area contributed by atoms with Gasteiger partial charge in [0.25, 0.3) is 0 Å². The van der Waals surface area contributed by atoms with E-state index in [1.54, 1.807) is 6.20 Å². The second-order valence-corrected chi connectivity index (χ2v) is 10.9. The Kier molecular flexibility index (Phi) is 5.25. The van der Waals surface area contributed by atoms with Gasteiger partial charge in [-0.25, -0.2) is 4.98 Å². The minimum Gasteiger partial charge on any atom is -0.451 e. The van der Waals surface area contributed by atoms with Gasteiger partial charge in [-0.05, 0) is 60.0 Å². The largest absolute Gasteiger partial charge is 0.451 e. The number of nitrogens with one attached hydrogen (secondary N) is 1. The molecule has 1 N–H and O–H groups in total. The Balaban J connectivity index is 1.25. The van der Waals surface area contributed by atoms with Crippen molar-refractivity contribution in [3.05, 3.63) is 82.8 Å². The molecule has 0 amide bonds. The minimum atomic E-state index is -0.648. The minimum absolute atomic E-state index is 0.190. The van der Waals surface area contributed by atoms with Crippen LogP contribution in [0.15, 0.2) is 61.1 Å². The quantitative estimate of drug-likeness (QED) is 0.368. The van der Waals surface area contributed by atoms with Gasteiger partial charge in [-0.3, -0.25) is 4.79 Å². The number of ether oxygens (including phenoxy) is 1. The van der Waals surface area contributed by atoms with Gasteiger partial charge in [-0.1, -0.05) is 29.8 Å². The first-order chi connectivity index (χ1) is 18.4. The standard InChI is InChI=1S/C29H27ClN6O2/c1-34-9-7-18(15-34)22-12-20(11-19-16-35(2)10-8-21(19)22)32-28-31-14-24(30)27(33-28)36-17-29(13-26(37)38-29)23-5-3-4-6-25(23)36/h3-7,9,11-12,14-15H,8,10,13,16-17H2,1-2H3,(H,31,32,33). The van der Waals surface area contributed by atoms with Crippen molar-refractivity contribution in [2.24, 2.45) is 7.05 Å². The zero-order valence-corrected chi connectivity index (χ0v) is 22.0. The molecule has 3 aliphatic rings. The van der Waals surface area contributed by atoms with Crippen molar-refractivity contribution in [2.45, 2.75) is 25.0 Å². The fourth-order valence-corrected chi connectivity index (χ4v) is 6.15. The monoisotopic (exact) mass is 526 g/mol. The molecule has 0 saturated carbocycles. The van der Waals surface area contributed by atoms with Crippen molar-refractivity contribution >= 4 is 40.7 Å². The average Bonchev–Trinajstić information content (AvgIpc) is 3.46. The lowest BCUT2D eigenvalue weighted by atomic mass is 9.88. The van der Waals surface area contributed by atoms with Crippen LogP contribution in [0.25, 0.3) is 11.1 Å². The molecular formula is C29H27ClN6O2. The van der Waals surface area contributed by atoms with Gasteiger partial charge in [-0.2, -0.15) is 4.98 Å². The molecule has 9 heteroatoms. The molecule has 4 aromatic rings. The zero-order chi connectivity index (χ0) is 26.0. The maximum Gasteiger partial charge on any atom is 0.311 e. The van der Waals surface area contributed by atoms with Crippen LogP contribution in [0.2, 0.25) is 5.02 Å². The van der Waals surface area contributed by atoms with Crippen LogP contribution >= 0.6 is 11.6 Å². The third-order valence-electron chi connectivity index (χ3n) is 7.74. The average molecular weight is 527 g/mol. The van der Waals surface area contributed by atoms with Crippen LogP contribution in [0.1, 0.15) is 23.1 Å². The number of anilines is 4. The number of rotatable bonds is 4. The number of benzene rings is 2. The van der Waals surface area contributed by atoms with Gasteiger partial charge in [-0.15, -0.1) is 0 Å². The number of aryl methyl sites for hydroxylation is 1. The van der Waals surface area contributed by atoms with Gasteiger partial charge in [0.1, 0.15) is 5.02 Å². The summed E-state index contributed by atoms with van der Waals surface area (Å²) in [5, 5.41) is 3.87. The summed E-state index contributed by atoms with van der Waals surface area (Å²) in [6, 6.07) is 14.5. The van der Waals surface area contributed by atoms with Gasteiger partial charge in [0.15, 0.2) is 11.4 Å². The van der Waals surface area contributed by atoms with Crippen molar-refractivity contribution in [3.63, 3.8) is 0 Å². The number of likely N-dealkylation sites (N-methyl/N-ethyl adjacent to an activating group) is 1. The third kappa shape index (κ3) is 3.75. The van der Waals surface area contributed by atoms with Gasteiger partial charge < -0.3 is 24.4 Å². The fraction of sp³-hybridized carbons (Fsp3) is 0.276. The number of hydrogen-bond acceptors (Lipinski definition) is 7. The smallest absolute Gasteiger partial charge is 0.311 e. The SMILES string of the molecule is CN1CCc2c(cc(Nc3ncc(Cl)c(N4CC5(CC(=O)O5)c5ccccc54)n3)cc2-c2ccn(C)c2)C1. The highest BCUT2D eigenvalue weighted by Crippen LogP contribution is 2.51. The molecule has 192 valence electrons. The number of fused-ring (bicyclic) bond motifs is 3. The summed E-state index contributed by atoms with van der Waals surface area (Å²) in [7, 11) is 4.19. The van der Waals surface area contributed by atoms with Crippen LogP contribution < -0.4 is 10.2 Å². The Bertz CT molecular complexity index is 1590. The first kappa shape index (κ1) is 23.3. The van der Waals surface area contributed by atoms with Crippen LogP contribution in [0, 0.1) is 0 Å². The molecule has 0 radical (unpaired) electrons. The number of aromatic nitrogens is 3. The van der Waals surface area contributed by atoms with Crippen molar-refractivity contribution in [2.75, 3.05) is 30.4 Å². The fourth-order valence-electron chi connectivity index (χ4n) is 5.96. The number of carbonyl (C=O) groups excluding carboxylic acids is 1. The molecule has 0 bridgehead atoms. The van der Waals surface area contributed by atoms with E-state index >= 15 is 0 Å². The van der Waals surface area contributed by atoms with Crippen molar-refractivity contribution < 1.29 is 9.53 Å². The molecule has 1 atom stereocenters. The Labute approximate surface area is 225 Å². The molecule has 8 nitrogen and oxygen atoms in total. The summed E-state index contributed by atoms with van der Waals surface area (Å²) in [5.74, 6) is 0.846. The summed E-state index contributed by atoms with van der Waals surface area (Å²) in [4.78, 5) is 25.5. The highest BCUT2D eigenvalue weighted by molar-refractivity contribution is 6.33. The molecule has 1 unspecified atom stereocenters. The molecule has 1 spiro atoms. The van der Waals surface area contributed by atoms with E-state index in [0.29, 0.717) is 29.8 Å². The lowest BCUT2D eigenvalue weighted by molar-refractivity contribution is -0.190. The van der Waals surface area contributed by atoms with E-state index in [2.05, 4.69) is 57.4 Å². The number of nitrogens with zero attached hydrogens (tertiary/aromatic N) is 5. The molecule has 5 heterocycles. The van der Waals surface area contributed by atoms with Crippen molar-refractivity contribution in [1.82, 2.24) is 19.4 Å². The molecule has 7 rings (SSSR count). The lowest BCUT2D eigenvalue weighted by Crippen LogP contribution is -2.47. The predicted molar refractivity (Wildman–Crippen MR) is 147 cm³/mol. The maximum atomic E-state index is 11.8. The molecule has 3 aliphatic heterocycles. The van der Waals surface area contributed by atoms with Crippen LogP contribution in [0.4, 0.5) is 23.1 Å². The number of halogens is 1. The van der Waals surface area contributed by atoms with Crippen LogP contribution in [-0.2, 0) is 35.1 Å². The predicted octanol–water partition coefficient (Wildman–Crippen LogP) is 5.16. The van der Waals surface area contributed by atoms with E-state index in [1.807, 2.05) is 36.2 Å². The first-order valence-corrected chi connectivity index (χ1v) is 13.1. The first-order valence-electron chi connectivity index (χ1n) is 12.7. The third-order valence-corrected chi connectivity index (χ3v) is 8.01. The van der Waals surface area contributed by atoms with Crippen LogP contribution in [0.3, 0.4) is 0 Å². The summed E-state index contributed by atoms with van der Waals surface area (Å²) in [6.45, 7) is 2.40. The maximum absolute atomic E-state index is 11.8. The Morgan fingerprint density at radius 3 is 2.79 bits per heavy atom. The normalized spacial score (nSPS) is 20.2. The van der Waals surface area contributed by atoms with E-state index in [-0.39, 0.29) is 5.97 Å². The van der Waals surface area contributed by atoms with Gasteiger partial charge >= 0.3 is 5.97 Å². The lowest BCUT2D eigenvalue weighted by Gasteiger charge is -2.37. The molecule has 1 saturated heterocycles. The number of para-hydroxylation sites is 1. The molecule has 2 aromatic heterocycles. The second-order valence-electron chi connectivity index (χ2n) is 10.5.